The second-order valence-corrected chi connectivity index (χ2v) is 12.5. The van der Waals surface area contributed by atoms with Gasteiger partial charge in [0.1, 0.15) is 27.6 Å². The van der Waals surface area contributed by atoms with Crippen molar-refractivity contribution in [2.75, 3.05) is 20.1 Å². The topological polar surface area (TPSA) is 109 Å². The molecule has 0 saturated carbocycles. The first-order valence-corrected chi connectivity index (χ1v) is 13.9. The van der Waals surface area contributed by atoms with E-state index in [4.69, 9.17) is 5.73 Å². The van der Waals surface area contributed by atoms with Crippen LogP contribution in [0.4, 0.5) is 8.78 Å². The molecule has 3 heterocycles. The van der Waals surface area contributed by atoms with Gasteiger partial charge in [-0.1, -0.05) is 36.4 Å². The number of hydrogen-bond donors (Lipinski definition) is 1. The van der Waals surface area contributed by atoms with E-state index in [0.29, 0.717) is 18.7 Å². The molecule has 0 radical (unpaired) electrons. The second-order valence-electron chi connectivity index (χ2n) is 10.2. The van der Waals surface area contributed by atoms with Crippen LogP contribution in [-0.2, 0) is 28.5 Å². The van der Waals surface area contributed by atoms with Gasteiger partial charge in [0.15, 0.2) is 5.78 Å². The molecule has 1 aromatic heterocycles. The monoisotopic (exact) mass is 553 g/mol. The Morgan fingerprint density at radius 1 is 1.08 bits per heavy atom. The van der Waals surface area contributed by atoms with Crippen molar-refractivity contribution in [3.05, 3.63) is 101 Å². The van der Waals surface area contributed by atoms with Gasteiger partial charge >= 0.3 is 0 Å². The standard InChI is InChI=1S/C28H29F2N5O3S/c1-27(22-14-20(8-10-23(22)30)15-25(36)24-11-9-21(29)16-32-24)28(39(37,38)34(2)26(31)33-27)12-13-35(18-28)17-19-6-4-3-5-7-19/h3-11,14,16H,12-13,15,17-18H2,1-2H3,(H2,31,33)/t27-,28-/m1/s1. The fraction of sp³-hybridized carbons (Fsp3) is 0.321. The number of likely N-dealkylation sites (tertiary alicyclic amines) is 1. The van der Waals surface area contributed by atoms with Crippen LogP contribution in [0, 0.1) is 11.6 Å². The number of aliphatic imine (C=N–C) groups is 1. The predicted molar refractivity (Wildman–Crippen MR) is 143 cm³/mol. The van der Waals surface area contributed by atoms with Gasteiger partial charge in [-0.05, 0) is 48.7 Å². The molecule has 0 amide bonds. The predicted octanol–water partition coefficient (Wildman–Crippen LogP) is 3.24. The minimum atomic E-state index is -4.07. The lowest BCUT2D eigenvalue weighted by atomic mass is 9.77. The van der Waals surface area contributed by atoms with Crippen LogP contribution in [0.5, 0.6) is 0 Å². The van der Waals surface area contributed by atoms with E-state index in [2.05, 4.69) is 9.98 Å². The molecule has 1 fully saturated rings. The highest BCUT2D eigenvalue weighted by Crippen LogP contribution is 2.51. The maximum absolute atomic E-state index is 15.6. The maximum Gasteiger partial charge on any atom is 0.247 e. The fourth-order valence-electron chi connectivity index (χ4n) is 5.66. The number of nitrogens with two attached hydrogens (primary N) is 1. The number of sulfonamides is 1. The number of aromatic nitrogens is 1. The number of ketones is 1. The highest BCUT2D eigenvalue weighted by molar-refractivity contribution is 7.91. The summed E-state index contributed by atoms with van der Waals surface area (Å²) in [7, 11) is -2.72. The normalized spacial score (nSPS) is 24.6. The van der Waals surface area contributed by atoms with Crippen molar-refractivity contribution in [2.45, 2.75) is 36.6 Å². The van der Waals surface area contributed by atoms with Crippen LogP contribution in [0.1, 0.15) is 40.5 Å². The molecular formula is C28H29F2N5O3S. The van der Waals surface area contributed by atoms with Gasteiger partial charge < -0.3 is 5.73 Å². The lowest BCUT2D eigenvalue weighted by Gasteiger charge is -2.48. The van der Waals surface area contributed by atoms with E-state index in [-0.39, 0.29) is 42.4 Å². The van der Waals surface area contributed by atoms with Gasteiger partial charge in [0.25, 0.3) is 0 Å². The molecule has 1 spiro atoms. The van der Waals surface area contributed by atoms with E-state index in [9.17, 15) is 17.6 Å². The van der Waals surface area contributed by atoms with Gasteiger partial charge in [-0.15, -0.1) is 0 Å². The minimum Gasteiger partial charge on any atom is -0.369 e. The van der Waals surface area contributed by atoms with Gasteiger partial charge in [0, 0.05) is 38.7 Å². The first kappa shape index (κ1) is 26.9. The third-order valence-electron chi connectivity index (χ3n) is 7.90. The summed E-state index contributed by atoms with van der Waals surface area (Å²) < 4.78 is 56.4. The number of carbonyl (C=O) groups is 1. The number of Topliss-reactive ketones (excluding diaryl/α,β-unsaturated/α-hetero) is 1. The van der Waals surface area contributed by atoms with Crippen molar-refractivity contribution in [3.8, 4) is 0 Å². The highest BCUT2D eigenvalue weighted by Gasteiger charge is 2.66. The van der Waals surface area contributed by atoms with Gasteiger partial charge in [0.05, 0.1) is 6.20 Å². The molecule has 39 heavy (non-hydrogen) atoms. The Morgan fingerprint density at radius 2 is 1.82 bits per heavy atom. The minimum absolute atomic E-state index is 0.0426. The van der Waals surface area contributed by atoms with Crippen molar-refractivity contribution in [1.82, 2.24) is 14.2 Å². The number of hydrogen-bond acceptors (Lipinski definition) is 7. The number of benzene rings is 2. The quantitative estimate of drug-likeness (QED) is 0.470. The number of carbonyl (C=O) groups excluding carboxylic acids is 1. The lowest BCUT2D eigenvalue weighted by molar-refractivity contribution is 0.0988. The van der Waals surface area contributed by atoms with E-state index in [1.165, 1.54) is 31.3 Å². The molecule has 3 aromatic rings. The Labute approximate surface area is 226 Å². The van der Waals surface area contributed by atoms with Gasteiger partial charge in [-0.25, -0.2) is 26.5 Å². The molecule has 2 N–H and O–H groups in total. The van der Waals surface area contributed by atoms with Gasteiger partial charge in [-0.3, -0.25) is 14.7 Å². The third kappa shape index (κ3) is 4.49. The van der Waals surface area contributed by atoms with Crippen LogP contribution in [0.15, 0.2) is 71.9 Å². The van der Waals surface area contributed by atoms with E-state index >= 15 is 4.39 Å². The number of rotatable bonds is 6. The largest absolute Gasteiger partial charge is 0.369 e. The first-order valence-electron chi connectivity index (χ1n) is 12.5. The Kier molecular flexibility index (Phi) is 6.76. The zero-order chi connectivity index (χ0) is 28.0. The highest BCUT2D eigenvalue weighted by atomic mass is 32.2. The Morgan fingerprint density at radius 3 is 2.51 bits per heavy atom. The second kappa shape index (κ2) is 9.80. The summed E-state index contributed by atoms with van der Waals surface area (Å²) in [4.78, 5) is 23.3. The third-order valence-corrected chi connectivity index (χ3v) is 10.5. The van der Waals surface area contributed by atoms with Crippen LogP contribution in [0.2, 0.25) is 0 Å². The molecule has 8 nitrogen and oxygen atoms in total. The Bertz CT molecular complexity index is 1550. The SMILES string of the molecule is CN1C(N)=N[C@](C)(c2cc(CC(=O)c3ccc(F)cn3)ccc2F)[C@]2(CCN(Cc3ccccc3)C2)S1(=O)=O. The Balaban J connectivity index is 1.55. The average molecular weight is 554 g/mol. The number of pyridine rings is 1. The van der Waals surface area contributed by atoms with Crippen molar-refractivity contribution in [3.63, 3.8) is 0 Å². The Hall–Kier alpha value is -3.70. The molecule has 204 valence electrons. The van der Waals surface area contributed by atoms with Crippen LogP contribution < -0.4 is 5.73 Å². The van der Waals surface area contributed by atoms with Crippen LogP contribution in [0.25, 0.3) is 0 Å². The smallest absolute Gasteiger partial charge is 0.247 e. The molecule has 1 saturated heterocycles. The molecule has 2 aliphatic rings. The van der Waals surface area contributed by atoms with Gasteiger partial charge in [0.2, 0.25) is 16.0 Å². The van der Waals surface area contributed by atoms with E-state index in [1.54, 1.807) is 6.92 Å². The first-order chi connectivity index (χ1) is 18.5. The zero-order valence-corrected chi connectivity index (χ0v) is 22.5. The number of nitrogens with zero attached hydrogens (tertiary/aromatic N) is 4. The summed E-state index contributed by atoms with van der Waals surface area (Å²) in [5.41, 5.74) is 6.11. The molecule has 2 atom stereocenters. The van der Waals surface area contributed by atoms with Crippen LogP contribution >= 0.6 is 0 Å². The number of guanidine groups is 1. The summed E-state index contributed by atoms with van der Waals surface area (Å²) in [5.74, 6) is -1.83. The summed E-state index contributed by atoms with van der Waals surface area (Å²) in [5, 5.41) is 0. The van der Waals surface area contributed by atoms with Crippen LogP contribution in [-0.4, -0.2) is 59.2 Å². The summed E-state index contributed by atoms with van der Waals surface area (Å²) >= 11 is 0. The molecule has 5 rings (SSSR count). The molecule has 0 aliphatic carbocycles. The zero-order valence-electron chi connectivity index (χ0n) is 21.6. The molecule has 0 unspecified atom stereocenters. The van der Waals surface area contributed by atoms with Crippen molar-refractivity contribution < 1.29 is 22.0 Å². The van der Waals surface area contributed by atoms with Crippen molar-refractivity contribution >= 4 is 21.8 Å². The lowest BCUT2D eigenvalue weighted by Crippen LogP contribution is -2.66. The van der Waals surface area contributed by atoms with Crippen molar-refractivity contribution in [1.29, 1.82) is 0 Å². The number of halogens is 2. The average Bonchev–Trinajstić information content (AvgIpc) is 3.35. The summed E-state index contributed by atoms with van der Waals surface area (Å²) in [6.07, 6.45) is 1.03. The molecule has 0 bridgehead atoms. The van der Waals surface area contributed by atoms with E-state index < -0.39 is 31.9 Å². The summed E-state index contributed by atoms with van der Waals surface area (Å²) in [6.45, 7) is 2.70. The molecule has 11 heteroatoms. The van der Waals surface area contributed by atoms with Crippen molar-refractivity contribution in [2.24, 2.45) is 10.7 Å². The molecular weight excluding hydrogens is 524 g/mol. The summed E-state index contributed by atoms with van der Waals surface area (Å²) in [6, 6.07) is 16.3. The van der Waals surface area contributed by atoms with E-state index in [0.717, 1.165) is 22.1 Å². The van der Waals surface area contributed by atoms with Gasteiger partial charge in [-0.2, -0.15) is 0 Å². The maximum atomic E-state index is 15.6. The van der Waals surface area contributed by atoms with Crippen LogP contribution in [0.3, 0.4) is 0 Å². The molecule has 2 aromatic carbocycles. The molecule has 2 aliphatic heterocycles. The fourth-order valence-corrected chi connectivity index (χ4v) is 7.82. The van der Waals surface area contributed by atoms with E-state index in [1.807, 2.05) is 35.2 Å².